The van der Waals surface area contributed by atoms with Crippen molar-refractivity contribution in [2.24, 2.45) is 11.0 Å². The second-order valence-corrected chi connectivity index (χ2v) is 4.34. The normalized spacial score (nSPS) is 18.8. The van der Waals surface area contributed by atoms with Gasteiger partial charge in [0.1, 0.15) is 0 Å². The Balaban J connectivity index is 2.16. The number of rotatable bonds is 3. The van der Waals surface area contributed by atoms with Gasteiger partial charge in [0.25, 0.3) is 0 Å². The van der Waals surface area contributed by atoms with Gasteiger partial charge in [0.15, 0.2) is 0 Å². The zero-order valence-corrected chi connectivity index (χ0v) is 9.50. The highest BCUT2D eigenvalue weighted by Gasteiger charge is 2.20. The largest absolute Gasteiger partial charge is 0.371 e. The van der Waals surface area contributed by atoms with Crippen LogP contribution in [0.1, 0.15) is 12.5 Å². The maximum absolute atomic E-state index is 8.28. The second-order valence-electron chi connectivity index (χ2n) is 4.34. The van der Waals surface area contributed by atoms with Gasteiger partial charge in [-0.1, -0.05) is 30.2 Å². The van der Waals surface area contributed by atoms with Gasteiger partial charge in [-0.15, -0.1) is 0 Å². The molecule has 2 rings (SSSR count). The molecule has 1 atom stereocenters. The van der Waals surface area contributed by atoms with Crippen LogP contribution in [0, 0.1) is 5.92 Å². The van der Waals surface area contributed by atoms with Crippen LogP contribution in [0.4, 0.5) is 5.69 Å². The Hall–Kier alpha value is -1.67. The molecule has 84 valence electrons. The first-order valence-corrected chi connectivity index (χ1v) is 5.65. The summed E-state index contributed by atoms with van der Waals surface area (Å²) in [7, 11) is 0. The first-order chi connectivity index (χ1) is 7.81. The minimum Gasteiger partial charge on any atom is -0.371 e. The number of para-hydroxylation sites is 1. The third-order valence-corrected chi connectivity index (χ3v) is 2.97. The minimum atomic E-state index is 0.539. The lowest BCUT2D eigenvalue weighted by Gasteiger charge is -2.34. The highest BCUT2D eigenvalue weighted by atomic mass is 15.2. The minimum absolute atomic E-state index is 0.539. The lowest BCUT2D eigenvalue weighted by Crippen LogP contribution is -2.35. The van der Waals surface area contributed by atoms with E-state index < -0.39 is 0 Å². The Bertz CT molecular complexity index is 409. The summed E-state index contributed by atoms with van der Waals surface area (Å²) in [6.07, 6.45) is 1.15. The summed E-state index contributed by atoms with van der Waals surface area (Å²) >= 11 is 0. The van der Waals surface area contributed by atoms with Crippen molar-refractivity contribution in [3.8, 4) is 0 Å². The number of benzene rings is 1. The molecule has 0 aliphatic carbocycles. The first-order valence-electron chi connectivity index (χ1n) is 5.65. The fourth-order valence-electron chi connectivity index (χ4n) is 2.33. The highest BCUT2D eigenvalue weighted by molar-refractivity contribution is 5.55. The summed E-state index contributed by atoms with van der Waals surface area (Å²) in [5, 5.41) is 3.60. The summed E-state index contributed by atoms with van der Waals surface area (Å²) in [6, 6.07) is 8.49. The molecule has 4 heteroatoms. The van der Waals surface area contributed by atoms with E-state index in [9.17, 15) is 0 Å². The molecule has 0 fully saturated rings. The molecule has 0 radical (unpaired) electrons. The molecule has 0 saturated heterocycles. The van der Waals surface area contributed by atoms with Crippen molar-refractivity contribution in [1.82, 2.24) is 0 Å². The molecule has 0 saturated carbocycles. The molecular formula is C12H16N4. The molecule has 1 heterocycles. The number of azide groups is 1. The van der Waals surface area contributed by atoms with E-state index in [1.54, 1.807) is 0 Å². The van der Waals surface area contributed by atoms with Crippen molar-refractivity contribution in [1.29, 1.82) is 0 Å². The third kappa shape index (κ3) is 2.28. The van der Waals surface area contributed by atoms with Crippen molar-refractivity contribution in [2.75, 3.05) is 24.5 Å². The molecule has 1 aliphatic rings. The van der Waals surface area contributed by atoms with Crippen LogP contribution in [0.2, 0.25) is 0 Å². The van der Waals surface area contributed by atoms with Crippen LogP contribution in [0.15, 0.2) is 29.4 Å². The van der Waals surface area contributed by atoms with Crippen molar-refractivity contribution in [3.05, 3.63) is 40.3 Å². The maximum atomic E-state index is 8.28. The topological polar surface area (TPSA) is 52.0 Å². The smallest absolute Gasteiger partial charge is 0.0434 e. The number of hydrogen-bond donors (Lipinski definition) is 0. The number of nitrogens with zero attached hydrogens (tertiary/aromatic N) is 4. The molecule has 0 aromatic heterocycles. The van der Waals surface area contributed by atoms with Crippen LogP contribution in [0.3, 0.4) is 0 Å². The molecule has 1 unspecified atom stereocenters. The van der Waals surface area contributed by atoms with Crippen molar-refractivity contribution < 1.29 is 0 Å². The van der Waals surface area contributed by atoms with E-state index in [1.807, 2.05) is 0 Å². The third-order valence-electron chi connectivity index (χ3n) is 2.97. The lowest BCUT2D eigenvalue weighted by atomic mass is 9.94. The van der Waals surface area contributed by atoms with Crippen LogP contribution in [0.5, 0.6) is 0 Å². The van der Waals surface area contributed by atoms with Gasteiger partial charge in [-0.05, 0) is 29.5 Å². The van der Waals surface area contributed by atoms with E-state index in [2.05, 4.69) is 46.1 Å². The van der Waals surface area contributed by atoms with Gasteiger partial charge in [0, 0.05) is 30.2 Å². The van der Waals surface area contributed by atoms with E-state index in [4.69, 9.17) is 5.53 Å². The molecular weight excluding hydrogens is 200 g/mol. The predicted molar refractivity (Wildman–Crippen MR) is 65.5 cm³/mol. The zero-order valence-electron chi connectivity index (χ0n) is 9.50. The Morgan fingerprint density at radius 3 is 3.12 bits per heavy atom. The number of fused-ring (bicyclic) bond motifs is 1. The average molecular weight is 216 g/mol. The van der Waals surface area contributed by atoms with Crippen molar-refractivity contribution >= 4 is 5.69 Å². The SMILES string of the molecule is CC1Cc2ccccc2N(CCN=[N+]=[N-])C1. The van der Waals surface area contributed by atoms with Crippen LogP contribution in [0.25, 0.3) is 10.4 Å². The molecule has 1 aromatic carbocycles. The second kappa shape index (κ2) is 4.90. The van der Waals surface area contributed by atoms with Crippen molar-refractivity contribution in [2.45, 2.75) is 13.3 Å². The molecule has 0 spiro atoms. The van der Waals surface area contributed by atoms with Gasteiger partial charge in [-0.2, -0.15) is 0 Å². The molecule has 0 N–H and O–H groups in total. The Labute approximate surface area is 95.5 Å². The van der Waals surface area contributed by atoms with E-state index in [1.165, 1.54) is 11.3 Å². The summed E-state index contributed by atoms with van der Waals surface area (Å²) in [5.74, 6) is 0.668. The first kappa shape index (κ1) is 10.8. The zero-order chi connectivity index (χ0) is 11.4. The van der Waals surface area contributed by atoms with Gasteiger partial charge in [-0.25, -0.2) is 0 Å². The lowest BCUT2D eigenvalue weighted by molar-refractivity contribution is 0.533. The van der Waals surface area contributed by atoms with E-state index in [0.29, 0.717) is 12.5 Å². The fraction of sp³-hybridized carbons (Fsp3) is 0.500. The Morgan fingerprint density at radius 1 is 1.50 bits per heavy atom. The Kier molecular flexibility index (Phi) is 3.32. The fourth-order valence-corrected chi connectivity index (χ4v) is 2.33. The van der Waals surface area contributed by atoms with E-state index in [0.717, 1.165) is 19.5 Å². The molecule has 1 aliphatic heterocycles. The van der Waals surface area contributed by atoms with Gasteiger partial charge >= 0.3 is 0 Å². The summed E-state index contributed by atoms with van der Waals surface area (Å²) in [4.78, 5) is 5.11. The summed E-state index contributed by atoms with van der Waals surface area (Å²) in [6.45, 7) is 4.66. The van der Waals surface area contributed by atoms with Crippen LogP contribution in [-0.2, 0) is 6.42 Å². The van der Waals surface area contributed by atoms with Gasteiger partial charge in [-0.3, -0.25) is 0 Å². The Morgan fingerprint density at radius 2 is 2.31 bits per heavy atom. The molecule has 0 amide bonds. The maximum Gasteiger partial charge on any atom is 0.0434 e. The quantitative estimate of drug-likeness (QED) is 0.435. The molecule has 1 aromatic rings. The van der Waals surface area contributed by atoms with Crippen molar-refractivity contribution in [3.63, 3.8) is 0 Å². The number of anilines is 1. The van der Waals surface area contributed by atoms with Crippen LogP contribution >= 0.6 is 0 Å². The monoisotopic (exact) mass is 216 g/mol. The highest BCUT2D eigenvalue weighted by Crippen LogP contribution is 2.28. The molecule has 4 nitrogen and oxygen atoms in total. The molecule has 0 bridgehead atoms. The summed E-state index contributed by atoms with van der Waals surface area (Å²) in [5.41, 5.74) is 11.0. The van der Waals surface area contributed by atoms with Gasteiger partial charge in [0.2, 0.25) is 0 Å². The standard InChI is InChI=1S/C12H16N4/c1-10-8-11-4-2-3-5-12(11)16(9-10)7-6-14-15-13/h2-5,10H,6-9H2,1H3. The van der Waals surface area contributed by atoms with Gasteiger partial charge in [0.05, 0.1) is 0 Å². The van der Waals surface area contributed by atoms with Crippen LogP contribution in [-0.4, -0.2) is 19.6 Å². The average Bonchev–Trinajstić information content (AvgIpc) is 2.29. The van der Waals surface area contributed by atoms with E-state index >= 15 is 0 Å². The molecule has 16 heavy (non-hydrogen) atoms. The van der Waals surface area contributed by atoms with Crippen LogP contribution < -0.4 is 4.90 Å². The van der Waals surface area contributed by atoms with E-state index in [-0.39, 0.29) is 0 Å². The number of hydrogen-bond acceptors (Lipinski definition) is 2. The predicted octanol–water partition coefficient (Wildman–Crippen LogP) is 3.00. The summed E-state index contributed by atoms with van der Waals surface area (Å²) < 4.78 is 0. The van der Waals surface area contributed by atoms with Gasteiger partial charge < -0.3 is 4.90 Å².